The van der Waals surface area contributed by atoms with E-state index in [1.54, 1.807) is 20.8 Å². The fourth-order valence-electron chi connectivity index (χ4n) is 2.84. The number of aliphatic carboxylic acids is 1. The highest BCUT2D eigenvalue weighted by Gasteiger charge is 2.32. The van der Waals surface area contributed by atoms with E-state index in [0.717, 1.165) is 0 Å². The van der Waals surface area contributed by atoms with Crippen molar-refractivity contribution in [3.63, 3.8) is 0 Å². The molecule has 10 N–H and O–H groups in total. The van der Waals surface area contributed by atoms with Gasteiger partial charge < -0.3 is 38.3 Å². The topological polar surface area (TPSA) is 237 Å². The third kappa shape index (κ3) is 11.3. The van der Waals surface area contributed by atoms with Crippen LogP contribution in [0, 0.1) is 11.8 Å². The highest BCUT2D eigenvalue weighted by atomic mass is 16.4. The van der Waals surface area contributed by atoms with Crippen LogP contribution in [0.1, 0.15) is 53.4 Å². The molecule has 13 heteroatoms. The van der Waals surface area contributed by atoms with E-state index in [-0.39, 0.29) is 18.3 Å². The van der Waals surface area contributed by atoms with Gasteiger partial charge in [0.05, 0.1) is 18.9 Å². The summed E-state index contributed by atoms with van der Waals surface area (Å²) < 4.78 is 0. The van der Waals surface area contributed by atoms with E-state index in [0.29, 0.717) is 6.42 Å². The van der Waals surface area contributed by atoms with Gasteiger partial charge in [-0.05, 0) is 18.3 Å². The molecule has 0 saturated heterocycles. The highest BCUT2D eigenvalue weighted by Crippen LogP contribution is 2.08. The average molecular weight is 473 g/mol. The Balaban J connectivity index is 5.58. The first-order valence-electron chi connectivity index (χ1n) is 10.7. The molecule has 188 valence electrons. The van der Waals surface area contributed by atoms with Crippen LogP contribution in [0.2, 0.25) is 0 Å². The Hall–Kier alpha value is -3.22. The molecule has 0 bridgehead atoms. The van der Waals surface area contributed by atoms with E-state index in [9.17, 15) is 33.9 Å². The molecule has 0 aliphatic carbocycles. The molecule has 5 unspecified atom stereocenters. The van der Waals surface area contributed by atoms with E-state index in [2.05, 4.69) is 16.0 Å². The zero-order chi connectivity index (χ0) is 25.9. The van der Waals surface area contributed by atoms with Crippen LogP contribution >= 0.6 is 0 Å². The second kappa shape index (κ2) is 14.0. The smallest absolute Gasteiger partial charge is 0.326 e. The van der Waals surface area contributed by atoms with E-state index < -0.39 is 72.5 Å². The molecule has 33 heavy (non-hydrogen) atoms. The van der Waals surface area contributed by atoms with Gasteiger partial charge in [-0.3, -0.25) is 24.0 Å². The molecule has 0 saturated carbocycles. The van der Waals surface area contributed by atoms with Gasteiger partial charge in [-0.2, -0.15) is 0 Å². The second-order valence-corrected chi connectivity index (χ2v) is 8.40. The monoisotopic (exact) mass is 472 g/mol. The number of rotatable bonds is 15. The normalized spacial score (nSPS) is 15.5. The molecule has 0 aromatic heterocycles. The van der Waals surface area contributed by atoms with Crippen molar-refractivity contribution in [2.24, 2.45) is 29.0 Å². The maximum Gasteiger partial charge on any atom is 0.326 e. The van der Waals surface area contributed by atoms with E-state index in [1.165, 1.54) is 0 Å². The van der Waals surface area contributed by atoms with Crippen LogP contribution in [0.5, 0.6) is 0 Å². The minimum atomic E-state index is -1.54. The summed E-state index contributed by atoms with van der Waals surface area (Å²) in [6.07, 6.45) is -0.550. The van der Waals surface area contributed by atoms with Crippen LogP contribution in [0.15, 0.2) is 0 Å². The second-order valence-electron chi connectivity index (χ2n) is 8.40. The Morgan fingerprint density at radius 1 is 0.758 bits per heavy atom. The number of amides is 5. The van der Waals surface area contributed by atoms with Gasteiger partial charge >= 0.3 is 5.97 Å². The van der Waals surface area contributed by atoms with Gasteiger partial charge in [0.2, 0.25) is 29.5 Å². The summed E-state index contributed by atoms with van der Waals surface area (Å²) in [4.78, 5) is 72.0. The van der Waals surface area contributed by atoms with Crippen LogP contribution in [-0.4, -0.2) is 64.8 Å². The molecule has 0 aliphatic rings. The third-order valence-electron chi connectivity index (χ3n) is 4.96. The summed E-state index contributed by atoms with van der Waals surface area (Å²) in [5.74, 6) is -6.09. The SMILES string of the molecule is CCC(C)C(N)C(=O)NC(CC(N)=O)C(=O)NC(CC(N)=O)C(=O)NC(CC(C)C)C(=O)O. The highest BCUT2D eigenvalue weighted by molar-refractivity contribution is 5.97. The number of nitrogens with two attached hydrogens (primary N) is 3. The molecule has 0 radical (unpaired) electrons. The van der Waals surface area contributed by atoms with Gasteiger partial charge in [0, 0.05) is 0 Å². The molecule has 5 atom stereocenters. The zero-order valence-electron chi connectivity index (χ0n) is 19.4. The van der Waals surface area contributed by atoms with E-state index >= 15 is 0 Å². The molecular weight excluding hydrogens is 436 g/mol. The first-order valence-corrected chi connectivity index (χ1v) is 10.7. The van der Waals surface area contributed by atoms with Gasteiger partial charge in [0.25, 0.3) is 0 Å². The van der Waals surface area contributed by atoms with Crippen molar-refractivity contribution in [2.75, 3.05) is 0 Å². The summed E-state index contributed by atoms with van der Waals surface area (Å²) in [7, 11) is 0. The lowest BCUT2D eigenvalue weighted by Crippen LogP contribution is -2.58. The third-order valence-corrected chi connectivity index (χ3v) is 4.96. The molecule has 13 nitrogen and oxygen atoms in total. The Morgan fingerprint density at radius 2 is 1.15 bits per heavy atom. The maximum absolute atomic E-state index is 12.7. The molecule has 0 heterocycles. The number of carbonyl (C=O) groups excluding carboxylic acids is 5. The lowest BCUT2D eigenvalue weighted by Gasteiger charge is -2.25. The lowest BCUT2D eigenvalue weighted by molar-refractivity contribution is -0.143. The van der Waals surface area contributed by atoms with Crippen molar-refractivity contribution in [2.45, 2.75) is 77.5 Å². The van der Waals surface area contributed by atoms with Crippen molar-refractivity contribution in [3.05, 3.63) is 0 Å². The Bertz CT molecular complexity index is 742. The van der Waals surface area contributed by atoms with Gasteiger partial charge in [0.1, 0.15) is 18.1 Å². The summed E-state index contributed by atoms with van der Waals surface area (Å²) in [6, 6.07) is -5.24. The Kier molecular flexibility index (Phi) is 12.7. The van der Waals surface area contributed by atoms with Crippen molar-refractivity contribution >= 4 is 35.5 Å². The number of primary amides is 2. The standard InChI is InChI=1S/C20H36N6O7/c1-5-10(4)16(23)19(31)25-12(8-15(22)28)17(29)24-11(7-14(21)27)18(30)26-13(20(32)33)6-9(2)3/h9-13,16H,5-8,23H2,1-4H3,(H2,21,27)(H2,22,28)(H,24,29)(H,25,31)(H,26,30)(H,32,33). The molecule has 0 fully saturated rings. The summed E-state index contributed by atoms with van der Waals surface area (Å²) in [5, 5.41) is 16.1. The predicted octanol–water partition coefficient (Wildman–Crippen LogP) is -2.30. The van der Waals surface area contributed by atoms with Crippen molar-refractivity contribution in [1.29, 1.82) is 0 Å². The fraction of sp³-hybridized carbons (Fsp3) is 0.700. The largest absolute Gasteiger partial charge is 0.480 e. The summed E-state index contributed by atoms with van der Waals surface area (Å²) in [6.45, 7) is 7.07. The Labute approximate surface area is 192 Å². The Morgan fingerprint density at radius 3 is 1.48 bits per heavy atom. The molecule has 0 spiro atoms. The quantitative estimate of drug-likeness (QED) is 0.136. The predicted molar refractivity (Wildman–Crippen MR) is 118 cm³/mol. The van der Waals surface area contributed by atoms with Gasteiger partial charge in [-0.15, -0.1) is 0 Å². The molecular formula is C20H36N6O7. The van der Waals surface area contributed by atoms with Gasteiger partial charge in [-0.25, -0.2) is 4.79 Å². The number of carboxylic acid groups (broad SMARTS) is 1. The van der Waals surface area contributed by atoms with Crippen LogP contribution in [0.3, 0.4) is 0 Å². The number of hydrogen-bond acceptors (Lipinski definition) is 7. The van der Waals surface area contributed by atoms with Crippen LogP contribution in [0.25, 0.3) is 0 Å². The van der Waals surface area contributed by atoms with Crippen LogP contribution in [-0.2, 0) is 28.8 Å². The number of hydrogen-bond donors (Lipinski definition) is 7. The minimum absolute atomic E-state index is 0.0690. The number of carboxylic acids is 1. The number of carbonyl (C=O) groups is 6. The minimum Gasteiger partial charge on any atom is -0.480 e. The number of nitrogens with one attached hydrogen (secondary N) is 3. The molecule has 0 aromatic carbocycles. The first-order chi connectivity index (χ1) is 15.2. The average Bonchev–Trinajstić information content (AvgIpc) is 2.69. The maximum atomic E-state index is 12.7. The zero-order valence-corrected chi connectivity index (χ0v) is 19.4. The van der Waals surface area contributed by atoms with Crippen LogP contribution in [0.4, 0.5) is 0 Å². The van der Waals surface area contributed by atoms with E-state index in [4.69, 9.17) is 17.2 Å². The first kappa shape index (κ1) is 29.8. The summed E-state index contributed by atoms with van der Waals surface area (Å²) in [5.41, 5.74) is 16.2. The summed E-state index contributed by atoms with van der Waals surface area (Å²) >= 11 is 0. The van der Waals surface area contributed by atoms with Crippen molar-refractivity contribution in [3.8, 4) is 0 Å². The van der Waals surface area contributed by atoms with Crippen LogP contribution < -0.4 is 33.2 Å². The van der Waals surface area contributed by atoms with Gasteiger partial charge in [0.15, 0.2) is 0 Å². The molecule has 0 rings (SSSR count). The molecule has 0 aliphatic heterocycles. The fourth-order valence-corrected chi connectivity index (χ4v) is 2.84. The van der Waals surface area contributed by atoms with Gasteiger partial charge in [-0.1, -0.05) is 34.1 Å². The molecule has 0 aromatic rings. The van der Waals surface area contributed by atoms with Crippen molar-refractivity contribution < 1.29 is 33.9 Å². The van der Waals surface area contributed by atoms with E-state index in [1.807, 2.05) is 6.92 Å². The van der Waals surface area contributed by atoms with Crippen molar-refractivity contribution in [1.82, 2.24) is 16.0 Å². The lowest BCUT2D eigenvalue weighted by atomic mass is 9.99. The molecule has 5 amide bonds.